The van der Waals surface area contributed by atoms with Gasteiger partial charge in [0.1, 0.15) is 0 Å². The fraction of sp³-hybridized carbons (Fsp3) is 0.727. The molecule has 1 aliphatic rings. The summed E-state index contributed by atoms with van der Waals surface area (Å²) in [5, 5.41) is 0. The molecule has 0 aromatic rings. The van der Waals surface area contributed by atoms with Gasteiger partial charge in [-0.1, -0.05) is 20.8 Å². The molecule has 0 saturated heterocycles. The molecule has 0 saturated carbocycles. The third-order valence-electron chi connectivity index (χ3n) is 3.23. The normalized spacial score (nSPS) is 21.5. The van der Waals surface area contributed by atoms with Crippen LogP contribution in [0, 0.1) is 0 Å². The number of hydrogen-bond acceptors (Lipinski definition) is 3. The molecule has 0 spiro atoms. The number of carbonyl (C=O) groups excluding carboxylic acids is 1. The van der Waals surface area contributed by atoms with Crippen LogP contribution in [-0.4, -0.2) is 20.6 Å². The van der Waals surface area contributed by atoms with Crippen molar-refractivity contribution in [2.45, 2.75) is 52.1 Å². The molecule has 1 aliphatic heterocycles. The molecule has 0 aromatic heterocycles. The van der Waals surface area contributed by atoms with Crippen molar-refractivity contribution in [2.75, 3.05) is 0 Å². The molecule has 3 nitrogen and oxygen atoms in total. The Morgan fingerprint density at radius 2 is 1.87 bits per heavy atom. The second-order valence-electron chi connectivity index (χ2n) is 4.02. The smallest absolute Gasteiger partial charge is 0.333 e. The molecule has 86 valence electrons. The molecule has 15 heavy (non-hydrogen) atoms. The maximum Gasteiger partial charge on any atom is 0.333 e. The van der Waals surface area contributed by atoms with Crippen LogP contribution in [-0.2, 0) is 14.0 Å². The first kappa shape index (κ1) is 12.5. The van der Waals surface area contributed by atoms with Gasteiger partial charge in [-0.3, -0.25) is 0 Å². The average molecular weight is 228 g/mol. The maximum absolute atomic E-state index is 11.1. The van der Waals surface area contributed by atoms with Crippen molar-refractivity contribution in [3.8, 4) is 0 Å². The van der Waals surface area contributed by atoms with Gasteiger partial charge in [0.2, 0.25) is 6.29 Å². The number of cyclic esters (lactones) is 1. The van der Waals surface area contributed by atoms with E-state index in [1.165, 1.54) is 6.08 Å². The van der Waals surface area contributed by atoms with Gasteiger partial charge in [0, 0.05) is 11.6 Å². The summed E-state index contributed by atoms with van der Waals surface area (Å²) in [5.41, 5.74) is 0.896. The van der Waals surface area contributed by atoms with Crippen molar-refractivity contribution >= 4 is 14.3 Å². The number of ether oxygens (including phenoxy) is 1. The van der Waals surface area contributed by atoms with E-state index in [9.17, 15) is 4.79 Å². The fourth-order valence-corrected chi connectivity index (χ4v) is 4.52. The standard InChI is InChI=1S/C11H20O3Si/c1-5-15(6-2,7-3)14-11-9(4)8-10(12)13-11/h8,11H,5-7H2,1-4H3. The SMILES string of the molecule is CC[Si](CC)(CC)OC1OC(=O)C=C1C. The molecule has 0 aromatic carbocycles. The van der Waals surface area contributed by atoms with Gasteiger partial charge in [-0.25, -0.2) is 4.79 Å². The highest BCUT2D eigenvalue weighted by molar-refractivity contribution is 6.73. The molecule has 4 heteroatoms. The van der Waals surface area contributed by atoms with E-state index in [4.69, 9.17) is 9.16 Å². The van der Waals surface area contributed by atoms with Gasteiger partial charge in [0.25, 0.3) is 0 Å². The molecule has 0 fully saturated rings. The van der Waals surface area contributed by atoms with Crippen molar-refractivity contribution in [3.63, 3.8) is 0 Å². The van der Waals surface area contributed by atoms with Crippen LogP contribution in [0.4, 0.5) is 0 Å². The minimum absolute atomic E-state index is 0.274. The third kappa shape index (κ3) is 2.69. The van der Waals surface area contributed by atoms with E-state index >= 15 is 0 Å². The summed E-state index contributed by atoms with van der Waals surface area (Å²) < 4.78 is 11.2. The first-order valence-electron chi connectivity index (χ1n) is 5.63. The van der Waals surface area contributed by atoms with Crippen LogP contribution in [0.25, 0.3) is 0 Å². The molecule has 1 heterocycles. The maximum atomic E-state index is 11.1. The molecule has 0 bridgehead atoms. The van der Waals surface area contributed by atoms with Crippen molar-refractivity contribution < 1.29 is 14.0 Å². The first-order valence-corrected chi connectivity index (χ1v) is 8.16. The van der Waals surface area contributed by atoms with E-state index in [1.54, 1.807) is 0 Å². The van der Waals surface area contributed by atoms with E-state index < -0.39 is 14.6 Å². The fourth-order valence-electron chi connectivity index (χ4n) is 1.83. The van der Waals surface area contributed by atoms with E-state index in [1.807, 2.05) is 6.92 Å². The molecule has 0 amide bonds. The number of rotatable bonds is 5. The molecular formula is C11H20O3Si. The van der Waals surface area contributed by atoms with Gasteiger partial charge >= 0.3 is 5.97 Å². The molecule has 1 atom stereocenters. The zero-order chi connectivity index (χ0) is 11.5. The zero-order valence-electron chi connectivity index (χ0n) is 10.0. The van der Waals surface area contributed by atoms with Gasteiger partial charge in [-0.2, -0.15) is 0 Å². The van der Waals surface area contributed by atoms with Crippen molar-refractivity contribution in [3.05, 3.63) is 11.6 Å². The Labute approximate surface area is 92.6 Å². The quantitative estimate of drug-likeness (QED) is 0.536. The highest BCUT2D eigenvalue weighted by atomic mass is 28.4. The Kier molecular flexibility index (Phi) is 4.10. The van der Waals surface area contributed by atoms with Gasteiger partial charge in [-0.15, -0.1) is 0 Å². The lowest BCUT2D eigenvalue weighted by atomic mass is 10.3. The van der Waals surface area contributed by atoms with Gasteiger partial charge < -0.3 is 9.16 Å². The summed E-state index contributed by atoms with van der Waals surface area (Å²) >= 11 is 0. The van der Waals surface area contributed by atoms with Crippen LogP contribution in [0.2, 0.25) is 18.1 Å². The van der Waals surface area contributed by atoms with Crippen LogP contribution in [0.1, 0.15) is 27.7 Å². The van der Waals surface area contributed by atoms with Crippen LogP contribution < -0.4 is 0 Å². The Morgan fingerprint density at radius 3 is 2.20 bits per heavy atom. The van der Waals surface area contributed by atoms with Crippen molar-refractivity contribution in [1.29, 1.82) is 0 Å². The molecule has 0 aliphatic carbocycles. The van der Waals surface area contributed by atoms with Crippen LogP contribution in [0.15, 0.2) is 11.6 Å². The monoisotopic (exact) mass is 228 g/mol. The summed E-state index contributed by atoms with van der Waals surface area (Å²) in [7, 11) is -1.67. The zero-order valence-corrected chi connectivity index (χ0v) is 11.0. The molecule has 0 N–H and O–H groups in total. The summed E-state index contributed by atoms with van der Waals surface area (Å²) in [5.74, 6) is -0.274. The lowest BCUT2D eigenvalue weighted by Crippen LogP contribution is -2.40. The minimum Gasteiger partial charge on any atom is -0.429 e. The molecular weight excluding hydrogens is 208 g/mol. The largest absolute Gasteiger partial charge is 0.429 e. The van der Waals surface area contributed by atoms with E-state index in [2.05, 4.69) is 20.8 Å². The highest BCUT2D eigenvalue weighted by Gasteiger charge is 2.35. The Bertz CT molecular complexity index is 261. The Morgan fingerprint density at radius 1 is 1.33 bits per heavy atom. The Balaban J connectivity index is 2.68. The topological polar surface area (TPSA) is 35.5 Å². The van der Waals surface area contributed by atoms with Gasteiger partial charge in [0.15, 0.2) is 8.32 Å². The van der Waals surface area contributed by atoms with Crippen molar-refractivity contribution in [2.24, 2.45) is 0 Å². The van der Waals surface area contributed by atoms with Crippen LogP contribution >= 0.6 is 0 Å². The summed E-state index contributed by atoms with van der Waals surface area (Å²) in [6, 6.07) is 3.21. The average Bonchev–Trinajstić information content (AvgIpc) is 2.54. The van der Waals surface area contributed by atoms with Gasteiger partial charge in [0.05, 0.1) is 0 Å². The predicted molar refractivity (Wildman–Crippen MR) is 61.9 cm³/mol. The van der Waals surface area contributed by atoms with E-state index in [0.717, 1.165) is 23.7 Å². The van der Waals surface area contributed by atoms with Gasteiger partial charge in [-0.05, 0) is 25.1 Å². The first-order chi connectivity index (χ1) is 7.06. The lowest BCUT2D eigenvalue weighted by molar-refractivity contribution is -0.149. The van der Waals surface area contributed by atoms with Crippen LogP contribution in [0.3, 0.4) is 0 Å². The lowest BCUT2D eigenvalue weighted by Gasteiger charge is -2.31. The second kappa shape index (κ2) is 4.94. The molecule has 0 radical (unpaired) electrons. The third-order valence-corrected chi connectivity index (χ3v) is 7.81. The second-order valence-corrected chi connectivity index (χ2v) is 8.74. The Hall–Kier alpha value is -0.613. The number of esters is 1. The summed E-state index contributed by atoms with van der Waals surface area (Å²) in [6.07, 6.45) is 1.11. The highest BCUT2D eigenvalue weighted by Crippen LogP contribution is 2.28. The molecule has 1 rings (SSSR count). The number of carbonyl (C=O) groups is 1. The van der Waals surface area contributed by atoms with E-state index in [-0.39, 0.29) is 5.97 Å². The summed E-state index contributed by atoms with van der Waals surface area (Å²) in [6.45, 7) is 8.37. The minimum atomic E-state index is -1.67. The molecule has 1 unspecified atom stereocenters. The predicted octanol–water partition coefficient (Wildman–Crippen LogP) is 2.84. The number of hydrogen-bond donors (Lipinski definition) is 0. The van der Waals surface area contributed by atoms with E-state index in [0.29, 0.717) is 0 Å². The van der Waals surface area contributed by atoms with Crippen molar-refractivity contribution in [1.82, 2.24) is 0 Å². The summed E-state index contributed by atoms with van der Waals surface area (Å²) in [4.78, 5) is 11.1. The van der Waals surface area contributed by atoms with Crippen LogP contribution in [0.5, 0.6) is 0 Å².